The number of aryl methyl sites for hydroxylation is 2. The van der Waals surface area contributed by atoms with Crippen LogP contribution in [0.4, 0.5) is 5.69 Å². The first-order chi connectivity index (χ1) is 16.2. The van der Waals surface area contributed by atoms with Crippen molar-refractivity contribution in [2.24, 2.45) is 0 Å². The lowest BCUT2D eigenvalue weighted by atomic mass is 10.1. The number of hydrogen-bond acceptors (Lipinski definition) is 6. The molecule has 0 aliphatic rings. The van der Waals surface area contributed by atoms with Gasteiger partial charge in [0.1, 0.15) is 0 Å². The molecule has 2 aromatic carbocycles. The fourth-order valence-electron chi connectivity index (χ4n) is 2.90. The van der Waals surface area contributed by atoms with Crippen molar-refractivity contribution in [3.05, 3.63) is 59.2 Å². The summed E-state index contributed by atoms with van der Waals surface area (Å²) in [4.78, 5) is 36.1. The third kappa shape index (κ3) is 8.55. The van der Waals surface area contributed by atoms with Gasteiger partial charge in [0.2, 0.25) is 17.7 Å². The quantitative estimate of drug-likeness (QED) is 0.259. The number of benzene rings is 2. The largest absolute Gasteiger partial charge is 0.493 e. The number of ether oxygens (including phenoxy) is 2. The summed E-state index contributed by atoms with van der Waals surface area (Å²) in [6.07, 6.45) is 2.80. The topological polar surface area (TPSA) is 118 Å². The molecule has 2 aromatic rings. The summed E-state index contributed by atoms with van der Waals surface area (Å²) in [5.41, 5.74) is 8.25. The van der Waals surface area contributed by atoms with Gasteiger partial charge in [0.25, 0.3) is 0 Å². The van der Waals surface area contributed by atoms with Gasteiger partial charge in [0.05, 0.1) is 14.2 Å². The summed E-state index contributed by atoms with van der Waals surface area (Å²) in [5.74, 6) is -0.110. The fraction of sp³-hybridized carbons (Fsp3) is 0.250. The maximum atomic E-state index is 12.1. The Balaban J connectivity index is 1.72. The van der Waals surface area contributed by atoms with E-state index >= 15 is 0 Å². The average molecular weight is 485 g/mol. The number of rotatable bonds is 8. The molecule has 0 spiro atoms. The van der Waals surface area contributed by atoms with Crippen molar-refractivity contribution < 1.29 is 23.9 Å². The van der Waals surface area contributed by atoms with Crippen LogP contribution in [-0.2, 0) is 14.4 Å². The van der Waals surface area contributed by atoms with Crippen molar-refractivity contribution in [3.8, 4) is 11.5 Å². The molecule has 0 unspecified atom stereocenters. The first kappa shape index (κ1) is 26.3. The van der Waals surface area contributed by atoms with Gasteiger partial charge in [-0.05, 0) is 61.5 Å². The molecule has 0 atom stereocenters. The van der Waals surface area contributed by atoms with Crippen LogP contribution in [0.2, 0.25) is 0 Å². The van der Waals surface area contributed by atoms with E-state index in [0.717, 1.165) is 16.7 Å². The molecule has 0 radical (unpaired) electrons. The molecule has 9 nitrogen and oxygen atoms in total. The van der Waals surface area contributed by atoms with Crippen molar-refractivity contribution in [1.82, 2.24) is 16.2 Å². The minimum atomic E-state index is -0.491. The van der Waals surface area contributed by atoms with E-state index < -0.39 is 11.8 Å². The fourth-order valence-corrected chi connectivity index (χ4v) is 3.05. The monoisotopic (exact) mass is 484 g/mol. The van der Waals surface area contributed by atoms with Gasteiger partial charge in [0, 0.05) is 24.6 Å². The Morgan fingerprint density at radius 2 is 1.62 bits per heavy atom. The van der Waals surface area contributed by atoms with Crippen LogP contribution >= 0.6 is 12.2 Å². The SMILES string of the molecule is COc1ccc(C=CC(=O)NC(=S)NNC(=O)CCC(=O)Nc2ccc(C)cc2C)cc1OC. The summed E-state index contributed by atoms with van der Waals surface area (Å²) in [6, 6.07) is 10.9. The number of hydrazine groups is 1. The van der Waals surface area contributed by atoms with Crippen LogP contribution in [-0.4, -0.2) is 37.1 Å². The lowest BCUT2D eigenvalue weighted by molar-refractivity contribution is -0.124. The molecule has 0 aliphatic heterocycles. The van der Waals surface area contributed by atoms with Crippen LogP contribution < -0.4 is 31.0 Å². The molecule has 0 aromatic heterocycles. The van der Waals surface area contributed by atoms with Crippen molar-refractivity contribution in [1.29, 1.82) is 0 Å². The van der Waals surface area contributed by atoms with Crippen LogP contribution in [0.3, 0.4) is 0 Å². The van der Waals surface area contributed by atoms with Crippen LogP contribution in [0.15, 0.2) is 42.5 Å². The Morgan fingerprint density at radius 3 is 2.29 bits per heavy atom. The summed E-state index contributed by atoms with van der Waals surface area (Å²) in [7, 11) is 3.06. The predicted molar refractivity (Wildman–Crippen MR) is 134 cm³/mol. The molecule has 4 N–H and O–H groups in total. The second-order valence-electron chi connectivity index (χ2n) is 7.31. The van der Waals surface area contributed by atoms with E-state index in [-0.39, 0.29) is 23.9 Å². The Bertz CT molecular complexity index is 1100. The highest BCUT2D eigenvalue weighted by molar-refractivity contribution is 7.80. The van der Waals surface area contributed by atoms with Crippen LogP contribution in [0.1, 0.15) is 29.5 Å². The van der Waals surface area contributed by atoms with Gasteiger partial charge in [-0.2, -0.15) is 0 Å². The molecule has 0 fully saturated rings. The maximum Gasteiger partial charge on any atom is 0.250 e. The second kappa shape index (κ2) is 12.9. The molecule has 10 heteroatoms. The van der Waals surface area contributed by atoms with Crippen LogP contribution in [0.25, 0.3) is 6.08 Å². The van der Waals surface area contributed by atoms with E-state index in [2.05, 4.69) is 21.5 Å². The molecule has 0 saturated carbocycles. The highest BCUT2D eigenvalue weighted by atomic mass is 32.1. The normalized spacial score (nSPS) is 10.4. The van der Waals surface area contributed by atoms with E-state index in [1.807, 2.05) is 32.0 Å². The zero-order valence-electron chi connectivity index (χ0n) is 19.5. The number of carbonyl (C=O) groups is 3. The van der Waals surface area contributed by atoms with Gasteiger partial charge in [-0.15, -0.1) is 0 Å². The van der Waals surface area contributed by atoms with Gasteiger partial charge < -0.3 is 14.8 Å². The standard InChI is InChI=1S/C24H28N4O5S/c1-15-5-8-18(16(2)13-15)25-21(29)11-12-23(31)27-28-24(34)26-22(30)10-7-17-6-9-19(32-3)20(14-17)33-4/h5-10,13-14H,11-12H2,1-4H3,(H,25,29)(H,27,31)(H2,26,28,30,34). The number of thiocarbonyl (C=S) groups is 1. The van der Waals surface area contributed by atoms with E-state index in [1.54, 1.807) is 24.3 Å². The molecule has 0 aliphatic carbocycles. The Morgan fingerprint density at radius 1 is 0.912 bits per heavy atom. The maximum absolute atomic E-state index is 12.1. The zero-order chi connectivity index (χ0) is 25.1. The number of amides is 3. The van der Waals surface area contributed by atoms with E-state index in [0.29, 0.717) is 17.2 Å². The van der Waals surface area contributed by atoms with Crippen LogP contribution in [0, 0.1) is 13.8 Å². The van der Waals surface area contributed by atoms with Gasteiger partial charge in [-0.1, -0.05) is 23.8 Å². The molecule has 0 bridgehead atoms. The van der Waals surface area contributed by atoms with Crippen LogP contribution in [0.5, 0.6) is 11.5 Å². The predicted octanol–water partition coefficient (Wildman–Crippen LogP) is 2.77. The van der Waals surface area contributed by atoms with Crippen molar-refractivity contribution in [2.75, 3.05) is 19.5 Å². The lowest BCUT2D eigenvalue weighted by Gasteiger charge is -2.11. The Kier molecular flexibility index (Phi) is 10.0. The van der Waals surface area contributed by atoms with Crippen molar-refractivity contribution in [2.45, 2.75) is 26.7 Å². The zero-order valence-corrected chi connectivity index (χ0v) is 20.3. The first-order valence-corrected chi connectivity index (χ1v) is 10.8. The van der Waals surface area contributed by atoms with Gasteiger partial charge in [-0.3, -0.25) is 30.6 Å². The molecule has 3 amide bonds. The molecule has 2 rings (SSSR count). The molecular formula is C24H28N4O5S. The van der Waals surface area contributed by atoms with Gasteiger partial charge >= 0.3 is 0 Å². The molecule has 34 heavy (non-hydrogen) atoms. The lowest BCUT2D eigenvalue weighted by Crippen LogP contribution is -2.48. The van der Waals surface area contributed by atoms with E-state index in [9.17, 15) is 14.4 Å². The van der Waals surface area contributed by atoms with Gasteiger partial charge in [0.15, 0.2) is 16.6 Å². The highest BCUT2D eigenvalue weighted by Crippen LogP contribution is 2.27. The summed E-state index contributed by atoms with van der Waals surface area (Å²) < 4.78 is 10.4. The molecule has 0 heterocycles. The Hall–Kier alpha value is -3.92. The number of carbonyl (C=O) groups excluding carboxylic acids is 3. The molecule has 180 valence electrons. The third-order valence-corrected chi connectivity index (χ3v) is 4.83. The van der Waals surface area contributed by atoms with Gasteiger partial charge in [-0.25, -0.2) is 0 Å². The van der Waals surface area contributed by atoms with Crippen molar-refractivity contribution in [3.63, 3.8) is 0 Å². The third-order valence-electron chi connectivity index (χ3n) is 4.62. The van der Waals surface area contributed by atoms with E-state index in [4.69, 9.17) is 21.7 Å². The minimum Gasteiger partial charge on any atom is -0.493 e. The Labute approximate surface area is 203 Å². The number of methoxy groups -OCH3 is 2. The average Bonchev–Trinajstić information content (AvgIpc) is 2.81. The van der Waals surface area contributed by atoms with E-state index in [1.165, 1.54) is 20.3 Å². The summed E-state index contributed by atoms with van der Waals surface area (Å²) in [5, 5.41) is 5.10. The number of hydrogen-bond donors (Lipinski definition) is 4. The first-order valence-electron chi connectivity index (χ1n) is 10.4. The molecular weight excluding hydrogens is 456 g/mol. The number of nitrogens with one attached hydrogen (secondary N) is 4. The molecule has 0 saturated heterocycles. The van der Waals surface area contributed by atoms with Crippen molar-refractivity contribution >= 4 is 46.8 Å². The summed E-state index contributed by atoms with van der Waals surface area (Å²) in [6.45, 7) is 3.87. The second-order valence-corrected chi connectivity index (χ2v) is 7.71. The smallest absolute Gasteiger partial charge is 0.250 e. The highest BCUT2D eigenvalue weighted by Gasteiger charge is 2.10. The number of anilines is 1. The minimum absolute atomic E-state index is 0.00594. The summed E-state index contributed by atoms with van der Waals surface area (Å²) >= 11 is 4.99.